The van der Waals surface area contributed by atoms with E-state index >= 15 is 0 Å². The summed E-state index contributed by atoms with van der Waals surface area (Å²) in [5, 5.41) is 3.07. The van der Waals surface area contributed by atoms with Crippen LogP contribution in [0.15, 0.2) is 28.7 Å². The average Bonchev–Trinajstić information content (AvgIpc) is 2.92. The highest BCUT2D eigenvalue weighted by Gasteiger charge is 2.57. The molecule has 0 unspecified atom stereocenters. The van der Waals surface area contributed by atoms with Crippen LogP contribution in [0.5, 0.6) is 0 Å². The second-order valence-electron chi connectivity index (χ2n) is 8.76. The summed E-state index contributed by atoms with van der Waals surface area (Å²) in [5.41, 5.74) is -0.293. The van der Waals surface area contributed by atoms with Crippen molar-refractivity contribution < 1.29 is 19.1 Å². The van der Waals surface area contributed by atoms with Crippen LogP contribution in [0, 0.1) is 17.8 Å². The number of carbonyl (C=O) groups excluding carboxylic acids is 3. The summed E-state index contributed by atoms with van der Waals surface area (Å²) in [6.07, 6.45) is 5.79. The highest BCUT2D eigenvalue weighted by Crippen LogP contribution is 2.44. The van der Waals surface area contributed by atoms with Crippen molar-refractivity contribution in [3.05, 3.63) is 34.3 Å². The number of Topliss-reactive ketones (excluding diaryl/α,β-unsaturated/α-hetero) is 1. The van der Waals surface area contributed by atoms with E-state index in [4.69, 9.17) is 4.74 Å². The van der Waals surface area contributed by atoms with E-state index in [-0.39, 0.29) is 17.7 Å². The van der Waals surface area contributed by atoms with E-state index in [1.807, 2.05) is 19.1 Å². The fourth-order valence-corrected chi connectivity index (χ4v) is 5.16. The van der Waals surface area contributed by atoms with Gasteiger partial charge in [0.25, 0.3) is 0 Å². The second-order valence-corrected chi connectivity index (χ2v) is 9.67. The Morgan fingerprint density at radius 2 is 1.79 bits per heavy atom. The highest BCUT2D eigenvalue weighted by atomic mass is 79.9. The van der Waals surface area contributed by atoms with Gasteiger partial charge in [0.05, 0.1) is 0 Å². The van der Waals surface area contributed by atoms with Gasteiger partial charge >= 0.3 is 5.97 Å². The number of nitrogens with one attached hydrogen (secondary N) is 1. The molecule has 0 radical (unpaired) electrons. The normalized spacial score (nSPS) is 25.3. The number of hydrogen-bond acceptors (Lipinski definition) is 4. The van der Waals surface area contributed by atoms with Crippen LogP contribution in [-0.2, 0) is 14.3 Å². The van der Waals surface area contributed by atoms with Crippen LogP contribution in [0.1, 0.15) is 69.7 Å². The molecule has 1 aliphatic heterocycles. The molecule has 1 saturated carbocycles. The smallest absolute Gasteiger partial charge is 0.319 e. The van der Waals surface area contributed by atoms with E-state index in [1.54, 1.807) is 26.0 Å². The van der Waals surface area contributed by atoms with Crippen molar-refractivity contribution >= 4 is 33.6 Å². The Morgan fingerprint density at radius 1 is 1.17 bits per heavy atom. The number of rotatable bonds is 6. The van der Waals surface area contributed by atoms with Gasteiger partial charge in [-0.2, -0.15) is 0 Å². The van der Waals surface area contributed by atoms with Gasteiger partial charge in [-0.25, -0.2) is 0 Å². The predicted molar refractivity (Wildman–Crippen MR) is 114 cm³/mol. The summed E-state index contributed by atoms with van der Waals surface area (Å²) in [5.74, 6) is -2.78. The van der Waals surface area contributed by atoms with Gasteiger partial charge in [0, 0.05) is 27.9 Å². The topological polar surface area (TPSA) is 72.5 Å². The molecule has 1 aromatic rings. The Balaban J connectivity index is 1.86. The van der Waals surface area contributed by atoms with Gasteiger partial charge in [-0.3, -0.25) is 14.4 Å². The molecular formula is C23H30BrNO4. The van der Waals surface area contributed by atoms with Crippen LogP contribution < -0.4 is 5.32 Å². The zero-order valence-electron chi connectivity index (χ0n) is 17.4. The molecule has 3 atom stereocenters. The Kier molecular flexibility index (Phi) is 6.82. The standard InChI is InChI=1S/C23H30BrNO4/c1-4-17(20(26)14-10-12-15(24)13-11-14)19-18(22(28)29-23(19,2)3)21(27)25-16-8-6-5-7-9-16/h10-13,16-19H,4-9H2,1-3H3,(H,25,27)/t17-,18-,19-/m0/s1. The summed E-state index contributed by atoms with van der Waals surface area (Å²) in [6, 6.07) is 7.31. The molecule has 5 nitrogen and oxygen atoms in total. The van der Waals surface area contributed by atoms with Gasteiger partial charge in [0.1, 0.15) is 11.5 Å². The first-order valence-corrected chi connectivity index (χ1v) is 11.4. The van der Waals surface area contributed by atoms with Gasteiger partial charge in [-0.1, -0.05) is 54.2 Å². The number of ether oxygens (including phenoxy) is 1. The fourth-order valence-electron chi connectivity index (χ4n) is 4.89. The van der Waals surface area contributed by atoms with E-state index in [0.29, 0.717) is 12.0 Å². The molecule has 158 valence electrons. The van der Waals surface area contributed by atoms with E-state index in [0.717, 1.165) is 30.2 Å². The second kappa shape index (κ2) is 8.99. The highest BCUT2D eigenvalue weighted by molar-refractivity contribution is 9.10. The van der Waals surface area contributed by atoms with Gasteiger partial charge in [0.15, 0.2) is 5.78 Å². The lowest BCUT2D eigenvalue weighted by atomic mass is 9.70. The third kappa shape index (κ3) is 4.73. The molecular weight excluding hydrogens is 434 g/mol. The summed E-state index contributed by atoms with van der Waals surface area (Å²) in [4.78, 5) is 39.1. The van der Waals surface area contributed by atoms with E-state index in [2.05, 4.69) is 21.2 Å². The molecule has 1 saturated heterocycles. The van der Waals surface area contributed by atoms with Gasteiger partial charge in [-0.15, -0.1) is 0 Å². The largest absolute Gasteiger partial charge is 0.459 e. The summed E-state index contributed by atoms with van der Waals surface area (Å²) < 4.78 is 6.51. The van der Waals surface area contributed by atoms with Gasteiger partial charge in [-0.05, 0) is 45.2 Å². The lowest BCUT2D eigenvalue weighted by molar-refractivity contribution is -0.150. The molecule has 29 heavy (non-hydrogen) atoms. The molecule has 1 heterocycles. The first kappa shape index (κ1) is 22.0. The molecule has 0 spiro atoms. The van der Waals surface area contributed by atoms with Crippen molar-refractivity contribution in [3.8, 4) is 0 Å². The molecule has 1 N–H and O–H groups in total. The molecule has 1 aliphatic carbocycles. The quantitative estimate of drug-likeness (QED) is 0.377. The minimum absolute atomic E-state index is 0.0492. The maximum atomic E-state index is 13.3. The number of esters is 1. The van der Waals surface area contributed by atoms with Crippen molar-refractivity contribution in [1.29, 1.82) is 0 Å². The maximum Gasteiger partial charge on any atom is 0.319 e. The SMILES string of the molecule is CC[C@H](C(=O)c1ccc(Br)cc1)[C@H]1[C@@H](C(=O)NC2CCCCC2)C(=O)OC1(C)C. The van der Waals surface area contributed by atoms with Gasteiger partial charge < -0.3 is 10.1 Å². The first-order chi connectivity index (χ1) is 13.7. The molecule has 0 bridgehead atoms. The van der Waals surface area contributed by atoms with Crippen LogP contribution >= 0.6 is 15.9 Å². The lowest BCUT2D eigenvalue weighted by Gasteiger charge is -2.33. The zero-order chi connectivity index (χ0) is 21.2. The summed E-state index contributed by atoms with van der Waals surface area (Å²) in [7, 11) is 0. The summed E-state index contributed by atoms with van der Waals surface area (Å²) in [6.45, 7) is 5.54. The molecule has 2 fully saturated rings. The number of benzene rings is 1. The average molecular weight is 464 g/mol. The first-order valence-electron chi connectivity index (χ1n) is 10.6. The minimum Gasteiger partial charge on any atom is -0.459 e. The van der Waals surface area contributed by atoms with Crippen LogP contribution in [0.3, 0.4) is 0 Å². The molecule has 1 amide bonds. The number of carbonyl (C=O) groups is 3. The third-order valence-electron chi connectivity index (χ3n) is 6.35. The van der Waals surface area contributed by atoms with E-state index < -0.39 is 29.3 Å². The molecule has 3 rings (SSSR count). The Morgan fingerprint density at radius 3 is 2.38 bits per heavy atom. The van der Waals surface area contributed by atoms with Crippen molar-refractivity contribution in [2.75, 3.05) is 0 Å². The Hall–Kier alpha value is -1.69. The Bertz CT molecular complexity index is 768. The van der Waals surface area contributed by atoms with Crippen molar-refractivity contribution in [2.24, 2.45) is 17.8 Å². The lowest BCUT2D eigenvalue weighted by Crippen LogP contribution is -2.47. The number of amides is 1. The van der Waals surface area contributed by atoms with Gasteiger partial charge in [0.2, 0.25) is 5.91 Å². The van der Waals surface area contributed by atoms with E-state index in [9.17, 15) is 14.4 Å². The number of ketones is 1. The Labute approximate surface area is 181 Å². The van der Waals surface area contributed by atoms with Crippen LogP contribution in [0.4, 0.5) is 0 Å². The molecule has 6 heteroatoms. The van der Waals surface area contributed by atoms with Crippen molar-refractivity contribution in [1.82, 2.24) is 5.32 Å². The monoisotopic (exact) mass is 463 g/mol. The van der Waals surface area contributed by atoms with E-state index in [1.165, 1.54) is 6.42 Å². The third-order valence-corrected chi connectivity index (χ3v) is 6.88. The van der Waals surface area contributed by atoms with Crippen LogP contribution in [-0.4, -0.2) is 29.3 Å². The number of cyclic esters (lactones) is 1. The van der Waals surface area contributed by atoms with Crippen molar-refractivity contribution in [2.45, 2.75) is 70.9 Å². The minimum atomic E-state index is -0.948. The zero-order valence-corrected chi connectivity index (χ0v) is 19.0. The van der Waals surface area contributed by atoms with Crippen molar-refractivity contribution in [3.63, 3.8) is 0 Å². The van der Waals surface area contributed by atoms with Crippen LogP contribution in [0.2, 0.25) is 0 Å². The number of halogens is 1. The number of hydrogen-bond donors (Lipinski definition) is 1. The fraction of sp³-hybridized carbons (Fsp3) is 0.609. The van der Waals surface area contributed by atoms with Crippen LogP contribution in [0.25, 0.3) is 0 Å². The molecule has 1 aromatic carbocycles. The predicted octanol–water partition coefficient (Wildman–Crippen LogP) is 4.67. The summed E-state index contributed by atoms with van der Waals surface area (Å²) >= 11 is 3.39. The maximum absolute atomic E-state index is 13.3. The molecule has 2 aliphatic rings. The molecule has 0 aromatic heterocycles.